The van der Waals surface area contributed by atoms with Gasteiger partial charge < -0.3 is 4.57 Å². The van der Waals surface area contributed by atoms with Gasteiger partial charge in [0.15, 0.2) is 0 Å². The van der Waals surface area contributed by atoms with E-state index >= 15 is 0 Å². The Labute approximate surface area is 338 Å². The van der Waals surface area contributed by atoms with Gasteiger partial charge in [-0.1, -0.05) is 172 Å². The quantitative estimate of drug-likeness (QED) is 0.159. The topological polar surface area (TPSA) is 4.93 Å². The minimum atomic E-state index is -0.0349. The SMILES string of the molecule is CC1(C)c2ccccc2-c2ccc(-c3cccc(-c4ccc5c6ccccc6n(-c6cccc(-c7ccc8c9ccccc9c9ccccc9c8c7)c6)c5c4)c3)cc21. The first-order valence-electron chi connectivity index (χ1n) is 20.3. The summed E-state index contributed by atoms with van der Waals surface area (Å²) in [7, 11) is 0. The number of benzene rings is 10. The highest BCUT2D eigenvalue weighted by atomic mass is 15.0. The molecule has 0 fully saturated rings. The van der Waals surface area contributed by atoms with Gasteiger partial charge in [0.05, 0.1) is 11.0 Å². The molecule has 0 atom stereocenters. The van der Waals surface area contributed by atoms with Crippen LogP contribution >= 0.6 is 0 Å². The lowest BCUT2D eigenvalue weighted by Crippen LogP contribution is -2.14. The molecule has 0 aliphatic heterocycles. The number of nitrogens with zero attached hydrogens (tertiary/aromatic N) is 1. The zero-order valence-corrected chi connectivity index (χ0v) is 32.5. The molecule has 272 valence electrons. The highest BCUT2D eigenvalue weighted by Gasteiger charge is 2.35. The van der Waals surface area contributed by atoms with Crippen molar-refractivity contribution in [1.82, 2.24) is 4.57 Å². The van der Waals surface area contributed by atoms with Gasteiger partial charge >= 0.3 is 0 Å². The Morgan fingerprint density at radius 1 is 0.293 bits per heavy atom. The third kappa shape index (κ3) is 4.83. The van der Waals surface area contributed by atoms with E-state index in [9.17, 15) is 0 Å². The molecule has 0 unspecified atom stereocenters. The van der Waals surface area contributed by atoms with Crippen LogP contribution < -0.4 is 0 Å². The van der Waals surface area contributed by atoms with E-state index in [0.29, 0.717) is 0 Å². The number of aromatic nitrogens is 1. The number of hydrogen-bond donors (Lipinski definition) is 0. The van der Waals surface area contributed by atoms with Crippen LogP contribution in [0.1, 0.15) is 25.0 Å². The van der Waals surface area contributed by atoms with Crippen molar-refractivity contribution < 1.29 is 0 Å². The molecule has 0 spiro atoms. The van der Waals surface area contributed by atoms with Crippen molar-refractivity contribution >= 4 is 54.1 Å². The van der Waals surface area contributed by atoms with Crippen molar-refractivity contribution in [1.29, 1.82) is 0 Å². The molecule has 11 aromatic rings. The zero-order chi connectivity index (χ0) is 38.5. The van der Waals surface area contributed by atoms with Gasteiger partial charge in [0.25, 0.3) is 0 Å². The summed E-state index contributed by atoms with van der Waals surface area (Å²) >= 11 is 0. The summed E-state index contributed by atoms with van der Waals surface area (Å²) in [5.41, 5.74) is 16.4. The molecule has 1 aliphatic rings. The van der Waals surface area contributed by atoms with Gasteiger partial charge in [-0.3, -0.25) is 0 Å². The molecular formula is C57H39N. The van der Waals surface area contributed by atoms with E-state index in [1.54, 1.807) is 0 Å². The molecule has 1 aromatic heterocycles. The fraction of sp³-hybridized carbons (Fsp3) is 0.0526. The lowest BCUT2D eigenvalue weighted by molar-refractivity contribution is 0.660. The van der Waals surface area contributed by atoms with Crippen molar-refractivity contribution in [2.75, 3.05) is 0 Å². The van der Waals surface area contributed by atoms with Crippen LogP contribution in [0.2, 0.25) is 0 Å². The van der Waals surface area contributed by atoms with Crippen LogP contribution in [-0.2, 0) is 5.41 Å². The second-order valence-corrected chi connectivity index (χ2v) is 16.5. The summed E-state index contributed by atoms with van der Waals surface area (Å²) in [6.07, 6.45) is 0. The van der Waals surface area contributed by atoms with Crippen LogP contribution in [0.15, 0.2) is 200 Å². The number of fused-ring (bicyclic) bond motifs is 12. The van der Waals surface area contributed by atoms with Gasteiger partial charge in [-0.25, -0.2) is 0 Å². The summed E-state index contributed by atoms with van der Waals surface area (Å²) in [5, 5.41) is 10.3. The van der Waals surface area contributed by atoms with Gasteiger partial charge in [-0.05, 0) is 130 Å². The maximum atomic E-state index is 2.45. The Morgan fingerprint density at radius 3 is 1.52 bits per heavy atom. The molecule has 0 saturated heterocycles. The smallest absolute Gasteiger partial charge is 0.0547 e. The van der Waals surface area contributed by atoms with Crippen molar-refractivity contribution in [3.8, 4) is 50.2 Å². The molecule has 0 radical (unpaired) electrons. The summed E-state index contributed by atoms with van der Waals surface area (Å²) in [6.45, 7) is 4.71. The Balaban J connectivity index is 0.975. The van der Waals surface area contributed by atoms with E-state index in [1.807, 2.05) is 0 Å². The van der Waals surface area contributed by atoms with Gasteiger partial charge in [-0.2, -0.15) is 0 Å². The molecule has 1 heteroatoms. The molecule has 1 nitrogen and oxygen atoms in total. The highest BCUT2D eigenvalue weighted by molar-refractivity contribution is 6.25. The summed E-state index contributed by atoms with van der Waals surface area (Å²) in [4.78, 5) is 0. The first kappa shape index (κ1) is 33.0. The van der Waals surface area contributed by atoms with E-state index in [0.717, 1.165) is 5.69 Å². The molecule has 0 amide bonds. The summed E-state index contributed by atoms with van der Waals surface area (Å²) in [5.74, 6) is 0. The van der Waals surface area contributed by atoms with Gasteiger partial charge in [0.2, 0.25) is 0 Å². The van der Waals surface area contributed by atoms with Gasteiger partial charge in [0, 0.05) is 21.9 Å². The highest BCUT2D eigenvalue weighted by Crippen LogP contribution is 2.49. The second kappa shape index (κ2) is 12.4. The standard InChI is InChI=1S/C57H39N/c1-57(2)53-23-9-7-21-48(53)49-29-26-40(34-54(49)57)36-13-11-14-37(31-36)41-27-30-51-50-22-8-10-24-55(50)58(56(51)35-41)42-16-12-15-38(32-42)39-25-28-47-45-19-4-3-17-43(45)44-18-5-6-20-46(44)52(47)33-39/h3-35H,1-2H3. The predicted octanol–water partition coefficient (Wildman–Crippen LogP) is 15.6. The van der Waals surface area contributed by atoms with Crippen LogP contribution in [0.3, 0.4) is 0 Å². The molecule has 1 heterocycles. The van der Waals surface area contributed by atoms with Crippen molar-refractivity contribution in [2.45, 2.75) is 19.3 Å². The monoisotopic (exact) mass is 737 g/mol. The fourth-order valence-electron chi connectivity index (χ4n) is 10.1. The molecule has 1 aliphatic carbocycles. The predicted molar refractivity (Wildman–Crippen MR) is 247 cm³/mol. The fourth-order valence-corrected chi connectivity index (χ4v) is 10.1. The molecule has 58 heavy (non-hydrogen) atoms. The van der Waals surface area contributed by atoms with Crippen LogP contribution in [0, 0.1) is 0 Å². The largest absolute Gasteiger partial charge is 0.309 e. The number of para-hydroxylation sites is 1. The van der Waals surface area contributed by atoms with E-state index in [1.165, 1.54) is 110 Å². The van der Waals surface area contributed by atoms with Gasteiger partial charge in [-0.15, -0.1) is 0 Å². The van der Waals surface area contributed by atoms with E-state index in [2.05, 4.69) is 219 Å². The second-order valence-electron chi connectivity index (χ2n) is 16.5. The molecule has 10 aromatic carbocycles. The third-order valence-electron chi connectivity index (χ3n) is 13.0. The Hall–Kier alpha value is -7.22. The average molecular weight is 738 g/mol. The van der Waals surface area contributed by atoms with Crippen LogP contribution in [0.5, 0.6) is 0 Å². The summed E-state index contributed by atoms with van der Waals surface area (Å²) < 4.78 is 2.45. The minimum absolute atomic E-state index is 0.0349. The Kier molecular flexibility index (Phi) is 7.04. The number of rotatable bonds is 4. The van der Waals surface area contributed by atoms with Crippen LogP contribution in [0.25, 0.3) is 104 Å². The van der Waals surface area contributed by atoms with Crippen molar-refractivity contribution in [3.05, 3.63) is 211 Å². The van der Waals surface area contributed by atoms with E-state index in [-0.39, 0.29) is 5.41 Å². The first-order valence-corrected chi connectivity index (χ1v) is 20.3. The molecule has 0 N–H and O–H groups in total. The average Bonchev–Trinajstić information content (AvgIpc) is 3.74. The Bertz CT molecular complexity index is 3450. The van der Waals surface area contributed by atoms with E-state index in [4.69, 9.17) is 0 Å². The third-order valence-corrected chi connectivity index (χ3v) is 13.0. The number of hydrogen-bond acceptors (Lipinski definition) is 0. The molecule has 0 saturated carbocycles. The normalized spacial score (nSPS) is 13.1. The van der Waals surface area contributed by atoms with Crippen LogP contribution in [0.4, 0.5) is 0 Å². The Morgan fingerprint density at radius 2 is 0.776 bits per heavy atom. The maximum absolute atomic E-state index is 2.45. The van der Waals surface area contributed by atoms with Crippen molar-refractivity contribution in [2.24, 2.45) is 0 Å². The molecule has 0 bridgehead atoms. The zero-order valence-electron chi connectivity index (χ0n) is 32.5. The minimum Gasteiger partial charge on any atom is -0.309 e. The van der Waals surface area contributed by atoms with Gasteiger partial charge in [0.1, 0.15) is 0 Å². The lowest BCUT2D eigenvalue weighted by atomic mass is 9.81. The maximum Gasteiger partial charge on any atom is 0.0547 e. The van der Waals surface area contributed by atoms with E-state index < -0.39 is 0 Å². The molecular weight excluding hydrogens is 699 g/mol. The lowest BCUT2D eigenvalue weighted by Gasteiger charge is -2.22. The van der Waals surface area contributed by atoms with Crippen molar-refractivity contribution in [3.63, 3.8) is 0 Å². The summed E-state index contributed by atoms with van der Waals surface area (Å²) in [6, 6.07) is 74.5. The first-order chi connectivity index (χ1) is 28.5. The molecule has 12 rings (SSSR count). The van der Waals surface area contributed by atoms with Crippen LogP contribution in [-0.4, -0.2) is 4.57 Å².